The van der Waals surface area contributed by atoms with Crippen LogP contribution >= 0.6 is 0 Å². The zero-order chi connectivity index (χ0) is 12.6. The van der Waals surface area contributed by atoms with Gasteiger partial charge in [-0.15, -0.1) is 0 Å². The van der Waals surface area contributed by atoms with Gasteiger partial charge in [-0.2, -0.15) is 0 Å². The van der Waals surface area contributed by atoms with Gasteiger partial charge in [-0.3, -0.25) is 9.69 Å². The van der Waals surface area contributed by atoms with Gasteiger partial charge >= 0.3 is 0 Å². The second kappa shape index (κ2) is 4.58. The van der Waals surface area contributed by atoms with E-state index >= 15 is 0 Å². The monoisotopic (exact) mass is 239 g/mol. The molecule has 2 heterocycles. The molecule has 4 nitrogen and oxygen atoms in total. The summed E-state index contributed by atoms with van der Waals surface area (Å²) in [4.78, 5) is 16.8. The average Bonchev–Trinajstić information content (AvgIpc) is 2.52. The lowest BCUT2D eigenvalue weighted by Crippen LogP contribution is -2.54. The number of amides is 1. The third-order valence-electron chi connectivity index (χ3n) is 4.66. The van der Waals surface area contributed by atoms with Crippen molar-refractivity contribution < 1.29 is 4.79 Å². The lowest BCUT2D eigenvalue weighted by Gasteiger charge is -2.32. The fourth-order valence-corrected chi connectivity index (χ4v) is 3.01. The molecule has 2 aliphatic rings. The molecule has 3 atom stereocenters. The van der Waals surface area contributed by atoms with Crippen molar-refractivity contribution in [1.29, 1.82) is 0 Å². The van der Waals surface area contributed by atoms with Gasteiger partial charge in [0.2, 0.25) is 5.91 Å². The maximum Gasteiger partial charge on any atom is 0.242 e. The number of carbonyl (C=O) groups excluding carboxylic acids is 1. The summed E-state index contributed by atoms with van der Waals surface area (Å²) in [6.45, 7) is 5.56. The SMILES string of the molecule is CCC(C)(N)C(=O)N1CCC2CCC(C1)N2C. The molecule has 2 rings (SSSR count). The Balaban J connectivity index is 2.06. The Morgan fingerprint density at radius 3 is 2.65 bits per heavy atom. The van der Waals surface area contributed by atoms with Crippen molar-refractivity contribution >= 4 is 5.91 Å². The van der Waals surface area contributed by atoms with Crippen molar-refractivity contribution in [2.45, 2.75) is 57.2 Å². The third kappa shape index (κ3) is 2.33. The largest absolute Gasteiger partial charge is 0.339 e. The number of rotatable bonds is 2. The molecule has 98 valence electrons. The summed E-state index contributed by atoms with van der Waals surface area (Å²) in [7, 11) is 2.19. The van der Waals surface area contributed by atoms with Gasteiger partial charge in [0.05, 0.1) is 5.54 Å². The zero-order valence-electron chi connectivity index (χ0n) is 11.3. The molecule has 0 aromatic heterocycles. The summed E-state index contributed by atoms with van der Waals surface area (Å²) < 4.78 is 0. The first kappa shape index (κ1) is 12.8. The molecule has 4 heteroatoms. The number of fused-ring (bicyclic) bond motifs is 2. The molecule has 1 amide bonds. The van der Waals surface area contributed by atoms with Gasteiger partial charge in [0, 0.05) is 25.2 Å². The summed E-state index contributed by atoms with van der Waals surface area (Å²) in [5.41, 5.74) is 5.38. The summed E-state index contributed by atoms with van der Waals surface area (Å²) in [5.74, 6) is 0.126. The van der Waals surface area contributed by atoms with E-state index in [4.69, 9.17) is 5.73 Å². The molecule has 0 aromatic rings. The van der Waals surface area contributed by atoms with Gasteiger partial charge in [0.25, 0.3) is 0 Å². The van der Waals surface area contributed by atoms with E-state index in [9.17, 15) is 4.79 Å². The fraction of sp³-hybridized carbons (Fsp3) is 0.923. The molecule has 0 spiro atoms. The number of hydrogen-bond donors (Lipinski definition) is 1. The van der Waals surface area contributed by atoms with Gasteiger partial charge < -0.3 is 10.6 Å². The summed E-state index contributed by atoms with van der Waals surface area (Å²) in [6.07, 6.45) is 4.31. The summed E-state index contributed by atoms with van der Waals surface area (Å²) in [6, 6.07) is 1.21. The van der Waals surface area contributed by atoms with Crippen LogP contribution in [0.2, 0.25) is 0 Å². The fourth-order valence-electron chi connectivity index (χ4n) is 3.01. The predicted molar refractivity (Wildman–Crippen MR) is 68.7 cm³/mol. The Hall–Kier alpha value is -0.610. The second-order valence-corrected chi connectivity index (χ2v) is 5.86. The molecule has 2 aliphatic heterocycles. The summed E-state index contributed by atoms with van der Waals surface area (Å²) in [5, 5.41) is 0. The number of likely N-dealkylation sites (N-methyl/N-ethyl adjacent to an activating group) is 1. The first-order valence-corrected chi connectivity index (χ1v) is 6.76. The maximum atomic E-state index is 12.4. The van der Waals surface area contributed by atoms with Crippen LogP contribution < -0.4 is 5.73 Å². The Morgan fingerprint density at radius 1 is 1.35 bits per heavy atom. The summed E-state index contributed by atoms with van der Waals surface area (Å²) >= 11 is 0. The van der Waals surface area contributed by atoms with Crippen LogP contribution in [0.4, 0.5) is 0 Å². The Morgan fingerprint density at radius 2 is 2.00 bits per heavy atom. The molecule has 0 aliphatic carbocycles. The van der Waals surface area contributed by atoms with Crippen LogP contribution in [0.15, 0.2) is 0 Å². The minimum Gasteiger partial charge on any atom is -0.339 e. The van der Waals surface area contributed by atoms with E-state index in [1.54, 1.807) is 0 Å². The van der Waals surface area contributed by atoms with Crippen molar-refractivity contribution in [3.05, 3.63) is 0 Å². The quantitative estimate of drug-likeness (QED) is 0.776. The number of nitrogens with two attached hydrogens (primary N) is 1. The van der Waals surface area contributed by atoms with Crippen LogP contribution in [-0.2, 0) is 4.79 Å². The average molecular weight is 239 g/mol. The van der Waals surface area contributed by atoms with E-state index < -0.39 is 5.54 Å². The van der Waals surface area contributed by atoms with Crippen LogP contribution in [-0.4, -0.2) is 53.5 Å². The van der Waals surface area contributed by atoms with Crippen LogP contribution in [0.5, 0.6) is 0 Å². The number of likely N-dealkylation sites (tertiary alicyclic amines) is 1. The zero-order valence-corrected chi connectivity index (χ0v) is 11.3. The van der Waals surface area contributed by atoms with E-state index in [2.05, 4.69) is 11.9 Å². The second-order valence-electron chi connectivity index (χ2n) is 5.86. The lowest BCUT2D eigenvalue weighted by atomic mass is 9.97. The van der Waals surface area contributed by atoms with E-state index in [1.165, 1.54) is 12.8 Å². The van der Waals surface area contributed by atoms with Crippen LogP contribution in [0.1, 0.15) is 39.5 Å². The Labute approximate surface area is 104 Å². The van der Waals surface area contributed by atoms with Crippen LogP contribution in [0.25, 0.3) is 0 Å². The van der Waals surface area contributed by atoms with Gasteiger partial charge in [-0.1, -0.05) is 6.92 Å². The first-order valence-electron chi connectivity index (χ1n) is 6.76. The molecular formula is C13H25N3O. The van der Waals surface area contributed by atoms with Gasteiger partial charge in [-0.05, 0) is 39.7 Å². The topological polar surface area (TPSA) is 49.6 Å². The molecule has 0 saturated carbocycles. The van der Waals surface area contributed by atoms with Crippen molar-refractivity contribution in [2.24, 2.45) is 5.73 Å². The smallest absolute Gasteiger partial charge is 0.242 e. The van der Waals surface area contributed by atoms with Crippen molar-refractivity contribution in [1.82, 2.24) is 9.80 Å². The van der Waals surface area contributed by atoms with Crippen molar-refractivity contribution in [2.75, 3.05) is 20.1 Å². The normalized spacial score (nSPS) is 33.3. The lowest BCUT2D eigenvalue weighted by molar-refractivity contribution is -0.136. The molecule has 2 N–H and O–H groups in total. The standard InChI is InChI=1S/C13H25N3O/c1-4-13(2,14)12(17)16-8-7-10-5-6-11(9-16)15(10)3/h10-11H,4-9,14H2,1-3H3. The Bertz CT molecular complexity index is 303. The van der Waals surface area contributed by atoms with Crippen LogP contribution in [0.3, 0.4) is 0 Å². The highest BCUT2D eigenvalue weighted by molar-refractivity contribution is 5.85. The number of hydrogen-bond acceptors (Lipinski definition) is 3. The number of nitrogens with zero attached hydrogens (tertiary/aromatic N) is 2. The minimum absolute atomic E-state index is 0.126. The Kier molecular flexibility index (Phi) is 3.46. The van der Waals surface area contributed by atoms with Gasteiger partial charge in [0.1, 0.15) is 0 Å². The molecule has 0 aromatic carbocycles. The van der Waals surface area contributed by atoms with Gasteiger partial charge in [-0.25, -0.2) is 0 Å². The maximum absolute atomic E-state index is 12.4. The molecule has 17 heavy (non-hydrogen) atoms. The first-order chi connectivity index (χ1) is 7.95. The van der Waals surface area contributed by atoms with Crippen LogP contribution in [0, 0.1) is 0 Å². The van der Waals surface area contributed by atoms with E-state index in [0.717, 1.165) is 19.5 Å². The van der Waals surface area contributed by atoms with E-state index in [-0.39, 0.29) is 5.91 Å². The van der Waals surface area contributed by atoms with Crippen molar-refractivity contribution in [3.8, 4) is 0 Å². The van der Waals surface area contributed by atoms with E-state index in [0.29, 0.717) is 18.5 Å². The van der Waals surface area contributed by atoms with E-state index in [1.807, 2.05) is 18.7 Å². The molecule has 3 unspecified atom stereocenters. The molecule has 2 bridgehead atoms. The number of carbonyl (C=O) groups is 1. The highest BCUT2D eigenvalue weighted by Crippen LogP contribution is 2.29. The minimum atomic E-state index is -0.692. The highest BCUT2D eigenvalue weighted by atomic mass is 16.2. The predicted octanol–water partition coefficient (Wildman–Crippen LogP) is 0.809. The molecule has 0 radical (unpaired) electrons. The third-order valence-corrected chi connectivity index (χ3v) is 4.66. The molecular weight excluding hydrogens is 214 g/mol. The molecule has 2 saturated heterocycles. The highest BCUT2D eigenvalue weighted by Gasteiger charge is 2.39. The van der Waals surface area contributed by atoms with Crippen molar-refractivity contribution in [3.63, 3.8) is 0 Å². The van der Waals surface area contributed by atoms with Gasteiger partial charge in [0.15, 0.2) is 0 Å². The molecule has 2 fully saturated rings.